The van der Waals surface area contributed by atoms with Gasteiger partial charge < -0.3 is 20.3 Å². The van der Waals surface area contributed by atoms with Crippen LogP contribution in [0, 0.1) is 12.8 Å². The Morgan fingerprint density at radius 2 is 2.00 bits per heavy atom. The highest BCUT2D eigenvalue weighted by atomic mass is 127. The second-order valence-corrected chi connectivity index (χ2v) is 7.07. The molecule has 5 nitrogen and oxygen atoms in total. The summed E-state index contributed by atoms with van der Waals surface area (Å²) >= 11 is 0. The number of nitrogens with one attached hydrogen (secondary N) is 2. The van der Waals surface area contributed by atoms with Crippen molar-refractivity contribution in [1.82, 2.24) is 10.6 Å². The fourth-order valence-electron chi connectivity index (χ4n) is 3.58. The summed E-state index contributed by atoms with van der Waals surface area (Å²) in [6, 6.07) is 16.8. The Morgan fingerprint density at radius 3 is 2.75 bits per heavy atom. The molecular formula is C22H31IN4O. The van der Waals surface area contributed by atoms with Crippen LogP contribution in [0.2, 0.25) is 0 Å². The molecule has 1 atom stereocenters. The van der Waals surface area contributed by atoms with Crippen LogP contribution in [0.4, 0.5) is 5.69 Å². The smallest absolute Gasteiger partial charge is 0.191 e. The molecule has 0 saturated carbocycles. The number of methoxy groups -OCH3 is 1. The van der Waals surface area contributed by atoms with Gasteiger partial charge in [-0.3, -0.25) is 4.99 Å². The van der Waals surface area contributed by atoms with Gasteiger partial charge in [0.1, 0.15) is 5.75 Å². The summed E-state index contributed by atoms with van der Waals surface area (Å²) in [7, 11) is 3.55. The first-order valence-electron chi connectivity index (χ1n) is 9.57. The summed E-state index contributed by atoms with van der Waals surface area (Å²) in [6.45, 7) is 5.90. The average Bonchev–Trinajstić information content (AvgIpc) is 3.17. The minimum absolute atomic E-state index is 0. The molecule has 0 aliphatic carbocycles. The van der Waals surface area contributed by atoms with Gasteiger partial charge in [-0.25, -0.2) is 0 Å². The highest BCUT2D eigenvalue weighted by Crippen LogP contribution is 2.31. The molecule has 1 aliphatic rings. The van der Waals surface area contributed by atoms with Crippen LogP contribution in [-0.2, 0) is 6.54 Å². The van der Waals surface area contributed by atoms with E-state index in [1.54, 1.807) is 7.11 Å². The minimum atomic E-state index is 0. The van der Waals surface area contributed by atoms with E-state index in [1.807, 2.05) is 19.2 Å². The van der Waals surface area contributed by atoms with Crippen molar-refractivity contribution >= 4 is 35.6 Å². The summed E-state index contributed by atoms with van der Waals surface area (Å²) in [5, 5.41) is 6.88. The molecule has 0 amide bonds. The molecule has 1 unspecified atom stereocenters. The number of ether oxygens (including phenoxy) is 1. The van der Waals surface area contributed by atoms with E-state index >= 15 is 0 Å². The summed E-state index contributed by atoms with van der Waals surface area (Å²) in [5.74, 6) is 2.39. The maximum atomic E-state index is 5.50. The number of hydrogen-bond donors (Lipinski definition) is 2. The number of aliphatic imine (C=N–C) groups is 1. The number of hydrogen-bond acceptors (Lipinski definition) is 3. The molecule has 28 heavy (non-hydrogen) atoms. The van der Waals surface area contributed by atoms with E-state index in [-0.39, 0.29) is 24.0 Å². The molecule has 0 spiro atoms. The number of para-hydroxylation sites is 2. The van der Waals surface area contributed by atoms with Crippen LogP contribution in [-0.4, -0.2) is 39.8 Å². The minimum Gasteiger partial charge on any atom is -0.495 e. The summed E-state index contributed by atoms with van der Waals surface area (Å²) in [4.78, 5) is 6.76. The van der Waals surface area contributed by atoms with E-state index in [0.29, 0.717) is 5.92 Å². The standard InChI is InChI=1S/C22H30N4O.HI/c1-17-7-6-8-18(13-17)14-24-22(23-2)25-15-19-11-12-26(16-19)20-9-4-5-10-21(20)27-3;/h4-10,13,19H,11-12,14-16H2,1-3H3,(H2,23,24,25);1H. The second-order valence-electron chi connectivity index (χ2n) is 7.07. The Kier molecular flexibility index (Phi) is 8.89. The van der Waals surface area contributed by atoms with Crippen molar-refractivity contribution in [3.8, 4) is 5.75 Å². The van der Waals surface area contributed by atoms with Gasteiger partial charge in [-0.15, -0.1) is 24.0 Å². The third kappa shape index (κ3) is 6.02. The monoisotopic (exact) mass is 494 g/mol. The lowest BCUT2D eigenvalue weighted by Crippen LogP contribution is -2.40. The van der Waals surface area contributed by atoms with Crippen LogP contribution < -0.4 is 20.3 Å². The molecule has 6 heteroatoms. The van der Waals surface area contributed by atoms with Crippen molar-refractivity contribution in [1.29, 1.82) is 0 Å². The number of rotatable bonds is 6. The van der Waals surface area contributed by atoms with Gasteiger partial charge in [-0.2, -0.15) is 0 Å². The van der Waals surface area contributed by atoms with Gasteiger partial charge in [-0.05, 0) is 37.0 Å². The fourth-order valence-corrected chi connectivity index (χ4v) is 3.58. The number of anilines is 1. The van der Waals surface area contributed by atoms with Crippen LogP contribution in [0.15, 0.2) is 53.5 Å². The van der Waals surface area contributed by atoms with Gasteiger partial charge in [0.25, 0.3) is 0 Å². The van der Waals surface area contributed by atoms with Gasteiger partial charge >= 0.3 is 0 Å². The molecule has 3 rings (SSSR count). The molecule has 2 aromatic rings. The summed E-state index contributed by atoms with van der Waals surface area (Å²) < 4.78 is 5.50. The van der Waals surface area contributed by atoms with Crippen LogP contribution in [0.5, 0.6) is 5.75 Å². The van der Waals surface area contributed by atoms with Crippen molar-refractivity contribution in [2.45, 2.75) is 19.9 Å². The predicted molar refractivity (Wildman–Crippen MR) is 128 cm³/mol. The maximum Gasteiger partial charge on any atom is 0.191 e. The quantitative estimate of drug-likeness (QED) is 0.365. The first-order chi connectivity index (χ1) is 13.2. The summed E-state index contributed by atoms with van der Waals surface area (Å²) in [6.07, 6.45) is 1.17. The van der Waals surface area contributed by atoms with Gasteiger partial charge in [0, 0.05) is 33.2 Å². The van der Waals surface area contributed by atoms with Crippen LogP contribution in [0.25, 0.3) is 0 Å². The van der Waals surface area contributed by atoms with E-state index in [1.165, 1.54) is 23.2 Å². The first kappa shape index (κ1) is 22.3. The molecule has 0 bridgehead atoms. The van der Waals surface area contributed by atoms with Gasteiger partial charge in [0.2, 0.25) is 0 Å². The zero-order chi connectivity index (χ0) is 19.1. The van der Waals surface area contributed by atoms with E-state index in [2.05, 4.69) is 63.8 Å². The first-order valence-corrected chi connectivity index (χ1v) is 9.57. The highest BCUT2D eigenvalue weighted by molar-refractivity contribution is 14.0. The topological polar surface area (TPSA) is 48.9 Å². The predicted octanol–water partition coefficient (Wildman–Crippen LogP) is 3.81. The lowest BCUT2D eigenvalue weighted by molar-refractivity contribution is 0.414. The molecule has 0 aromatic heterocycles. The Labute approximate surface area is 185 Å². The lowest BCUT2D eigenvalue weighted by atomic mass is 10.1. The van der Waals surface area contributed by atoms with Crippen LogP contribution in [0.1, 0.15) is 17.5 Å². The molecular weight excluding hydrogens is 463 g/mol. The van der Waals surface area contributed by atoms with Crippen molar-refractivity contribution in [2.75, 3.05) is 38.7 Å². The zero-order valence-electron chi connectivity index (χ0n) is 16.9. The molecule has 1 aliphatic heterocycles. The van der Waals surface area contributed by atoms with Crippen LogP contribution >= 0.6 is 24.0 Å². The number of aryl methyl sites for hydroxylation is 1. The second kappa shape index (κ2) is 11.1. The molecule has 1 saturated heterocycles. The Balaban J connectivity index is 0.00000280. The molecule has 2 N–H and O–H groups in total. The SMILES string of the molecule is CN=C(NCc1cccc(C)c1)NCC1CCN(c2ccccc2OC)C1.I. The molecule has 152 valence electrons. The number of guanidine groups is 1. The Hall–Kier alpha value is -1.96. The van der Waals surface area contributed by atoms with E-state index in [9.17, 15) is 0 Å². The van der Waals surface area contributed by atoms with Gasteiger partial charge in [0.05, 0.1) is 12.8 Å². The average molecular weight is 494 g/mol. The number of nitrogens with zero attached hydrogens (tertiary/aromatic N) is 2. The third-order valence-corrected chi connectivity index (χ3v) is 5.04. The fraction of sp³-hybridized carbons (Fsp3) is 0.409. The maximum absolute atomic E-state index is 5.50. The van der Waals surface area contributed by atoms with Gasteiger partial charge in [-0.1, -0.05) is 42.0 Å². The van der Waals surface area contributed by atoms with Crippen molar-refractivity contribution in [3.05, 3.63) is 59.7 Å². The number of benzene rings is 2. The molecule has 1 fully saturated rings. The van der Waals surface area contributed by atoms with Crippen LogP contribution in [0.3, 0.4) is 0 Å². The largest absolute Gasteiger partial charge is 0.495 e. The van der Waals surface area contributed by atoms with E-state index in [0.717, 1.165) is 37.9 Å². The zero-order valence-corrected chi connectivity index (χ0v) is 19.3. The molecule has 1 heterocycles. The van der Waals surface area contributed by atoms with Crippen molar-refractivity contribution < 1.29 is 4.74 Å². The Bertz CT molecular complexity index is 781. The Morgan fingerprint density at radius 1 is 1.18 bits per heavy atom. The third-order valence-electron chi connectivity index (χ3n) is 5.04. The molecule has 0 radical (unpaired) electrons. The lowest BCUT2D eigenvalue weighted by Gasteiger charge is -2.21. The highest BCUT2D eigenvalue weighted by Gasteiger charge is 2.24. The van der Waals surface area contributed by atoms with Gasteiger partial charge in [0.15, 0.2) is 5.96 Å². The summed E-state index contributed by atoms with van der Waals surface area (Å²) in [5.41, 5.74) is 3.73. The molecule has 2 aromatic carbocycles. The van der Waals surface area contributed by atoms with Crippen molar-refractivity contribution in [2.24, 2.45) is 10.9 Å². The van der Waals surface area contributed by atoms with E-state index in [4.69, 9.17) is 4.74 Å². The van der Waals surface area contributed by atoms with Crippen molar-refractivity contribution in [3.63, 3.8) is 0 Å². The van der Waals surface area contributed by atoms with E-state index < -0.39 is 0 Å². The number of halogens is 1. The normalized spacial score (nSPS) is 16.5.